The van der Waals surface area contributed by atoms with Gasteiger partial charge in [0.2, 0.25) is 0 Å². The van der Waals surface area contributed by atoms with E-state index in [1.165, 1.54) is 32.4 Å². The smallest absolute Gasteiger partial charge is 0.0622 e. The average Bonchev–Trinajstić information content (AvgIpc) is 2.72. The summed E-state index contributed by atoms with van der Waals surface area (Å²) in [5.41, 5.74) is 0. The van der Waals surface area contributed by atoms with Crippen LogP contribution in [0.5, 0.6) is 0 Å². The van der Waals surface area contributed by atoms with E-state index in [0.717, 1.165) is 25.6 Å². The molecule has 2 saturated heterocycles. The first kappa shape index (κ1) is 10.4. The number of rotatable bonds is 3. The molecular weight excluding hydrogens is 178 g/mol. The molecule has 2 aliphatic rings. The second-order valence-electron chi connectivity index (χ2n) is 4.51. The molecule has 0 amide bonds. The first-order valence-corrected chi connectivity index (χ1v) is 5.83. The van der Waals surface area contributed by atoms with Crippen LogP contribution in [0.3, 0.4) is 0 Å². The van der Waals surface area contributed by atoms with E-state index >= 15 is 0 Å². The number of likely N-dealkylation sites (tertiary alicyclic amines) is 1. The highest BCUT2D eigenvalue weighted by molar-refractivity contribution is 4.80. The third-order valence-electron chi connectivity index (χ3n) is 3.61. The molecule has 3 nitrogen and oxygen atoms in total. The first-order chi connectivity index (χ1) is 6.90. The lowest BCUT2D eigenvalue weighted by atomic mass is 9.93. The Morgan fingerprint density at radius 2 is 2.00 bits per heavy atom. The van der Waals surface area contributed by atoms with Gasteiger partial charge < -0.3 is 9.84 Å². The Labute approximate surface area is 86.0 Å². The van der Waals surface area contributed by atoms with E-state index in [2.05, 4.69) is 4.90 Å². The maximum Gasteiger partial charge on any atom is 0.0622 e. The van der Waals surface area contributed by atoms with Crippen LogP contribution in [0.2, 0.25) is 0 Å². The lowest BCUT2D eigenvalue weighted by Gasteiger charge is -2.35. The Kier molecular flexibility index (Phi) is 3.79. The van der Waals surface area contributed by atoms with Gasteiger partial charge in [0.1, 0.15) is 0 Å². The van der Waals surface area contributed by atoms with Crippen LogP contribution in [0.15, 0.2) is 0 Å². The van der Waals surface area contributed by atoms with Crippen LogP contribution in [0.4, 0.5) is 0 Å². The van der Waals surface area contributed by atoms with Gasteiger partial charge in [0.05, 0.1) is 6.61 Å². The van der Waals surface area contributed by atoms with Gasteiger partial charge in [0.15, 0.2) is 0 Å². The fourth-order valence-corrected chi connectivity index (χ4v) is 2.60. The molecule has 82 valence electrons. The van der Waals surface area contributed by atoms with Crippen LogP contribution in [0, 0.1) is 5.92 Å². The van der Waals surface area contributed by atoms with Crippen LogP contribution in [-0.2, 0) is 4.74 Å². The quantitative estimate of drug-likeness (QED) is 0.732. The number of ether oxygens (including phenoxy) is 1. The van der Waals surface area contributed by atoms with Gasteiger partial charge in [-0.3, -0.25) is 4.90 Å². The zero-order chi connectivity index (χ0) is 9.80. The molecule has 0 aromatic carbocycles. The minimum atomic E-state index is 0.358. The summed E-state index contributed by atoms with van der Waals surface area (Å²) < 4.78 is 5.40. The van der Waals surface area contributed by atoms with E-state index in [1.807, 2.05) is 0 Å². The summed E-state index contributed by atoms with van der Waals surface area (Å²) in [7, 11) is 0. The topological polar surface area (TPSA) is 32.7 Å². The van der Waals surface area contributed by atoms with Gasteiger partial charge in [-0.25, -0.2) is 0 Å². The van der Waals surface area contributed by atoms with E-state index in [-0.39, 0.29) is 0 Å². The molecule has 0 aromatic rings. The molecule has 2 fully saturated rings. The summed E-state index contributed by atoms with van der Waals surface area (Å²) >= 11 is 0. The van der Waals surface area contributed by atoms with Gasteiger partial charge in [-0.2, -0.15) is 0 Å². The van der Waals surface area contributed by atoms with E-state index in [4.69, 9.17) is 9.84 Å². The summed E-state index contributed by atoms with van der Waals surface area (Å²) in [6.07, 6.45) is 4.73. The number of nitrogens with zero attached hydrogens (tertiary/aromatic N) is 1. The second-order valence-corrected chi connectivity index (χ2v) is 4.51. The number of aliphatic hydroxyl groups excluding tert-OH is 1. The molecule has 0 bridgehead atoms. The van der Waals surface area contributed by atoms with E-state index in [9.17, 15) is 0 Å². The molecule has 1 N–H and O–H groups in total. The Morgan fingerprint density at radius 1 is 1.21 bits per heavy atom. The molecule has 1 unspecified atom stereocenters. The molecule has 2 aliphatic heterocycles. The molecule has 2 rings (SSSR count). The molecule has 0 saturated carbocycles. The van der Waals surface area contributed by atoms with Crippen LogP contribution in [0.1, 0.15) is 25.7 Å². The van der Waals surface area contributed by atoms with Crippen molar-refractivity contribution in [1.29, 1.82) is 0 Å². The molecular formula is C11H21NO2. The monoisotopic (exact) mass is 199 g/mol. The van der Waals surface area contributed by atoms with E-state index in [1.54, 1.807) is 0 Å². The number of piperidine rings is 1. The summed E-state index contributed by atoms with van der Waals surface area (Å²) in [6.45, 7) is 4.65. The molecule has 0 aliphatic carbocycles. The Bertz CT molecular complexity index is 161. The fourth-order valence-electron chi connectivity index (χ4n) is 2.60. The highest BCUT2D eigenvalue weighted by atomic mass is 16.5. The predicted octanol–water partition coefficient (Wildman–Crippen LogP) is 0.870. The van der Waals surface area contributed by atoms with Crippen molar-refractivity contribution in [1.82, 2.24) is 4.90 Å². The lowest BCUT2D eigenvalue weighted by molar-refractivity contribution is 0.102. The van der Waals surface area contributed by atoms with Crippen molar-refractivity contribution in [2.75, 3.05) is 32.9 Å². The maximum atomic E-state index is 8.86. The maximum absolute atomic E-state index is 8.86. The van der Waals surface area contributed by atoms with Crippen molar-refractivity contribution in [2.24, 2.45) is 5.92 Å². The van der Waals surface area contributed by atoms with Crippen LogP contribution < -0.4 is 0 Å². The fraction of sp³-hybridized carbons (Fsp3) is 1.00. The van der Waals surface area contributed by atoms with Crippen molar-refractivity contribution in [3.63, 3.8) is 0 Å². The molecule has 14 heavy (non-hydrogen) atoms. The van der Waals surface area contributed by atoms with Gasteiger partial charge in [0, 0.05) is 19.3 Å². The molecule has 1 atom stereocenters. The molecule has 3 heteroatoms. The highest BCUT2D eigenvalue weighted by Gasteiger charge is 2.27. The van der Waals surface area contributed by atoms with Crippen molar-refractivity contribution in [3.05, 3.63) is 0 Å². The lowest BCUT2D eigenvalue weighted by Crippen LogP contribution is -2.41. The average molecular weight is 199 g/mol. The van der Waals surface area contributed by atoms with Crippen LogP contribution >= 0.6 is 0 Å². The summed E-state index contributed by atoms with van der Waals surface area (Å²) in [5, 5.41) is 8.86. The summed E-state index contributed by atoms with van der Waals surface area (Å²) in [4.78, 5) is 2.57. The zero-order valence-electron chi connectivity index (χ0n) is 8.82. The van der Waals surface area contributed by atoms with Crippen LogP contribution in [0.25, 0.3) is 0 Å². The molecule has 0 aromatic heterocycles. The van der Waals surface area contributed by atoms with Crippen molar-refractivity contribution in [3.8, 4) is 0 Å². The Hall–Kier alpha value is -0.120. The van der Waals surface area contributed by atoms with Gasteiger partial charge >= 0.3 is 0 Å². The molecule has 0 radical (unpaired) electrons. The Morgan fingerprint density at radius 3 is 2.57 bits per heavy atom. The first-order valence-electron chi connectivity index (χ1n) is 5.83. The second kappa shape index (κ2) is 5.10. The van der Waals surface area contributed by atoms with Gasteiger partial charge in [0.25, 0.3) is 0 Å². The third-order valence-corrected chi connectivity index (χ3v) is 3.61. The van der Waals surface area contributed by atoms with Gasteiger partial charge in [-0.15, -0.1) is 0 Å². The van der Waals surface area contributed by atoms with Gasteiger partial charge in [-0.1, -0.05) is 0 Å². The standard InChI is InChI=1S/C11H21NO2/c13-7-3-10-1-5-12(6-2-10)11-4-8-14-9-11/h10-11,13H,1-9H2. The predicted molar refractivity (Wildman–Crippen MR) is 55.2 cm³/mol. The number of aliphatic hydroxyl groups is 1. The minimum Gasteiger partial charge on any atom is -0.396 e. The van der Waals surface area contributed by atoms with Crippen molar-refractivity contribution >= 4 is 0 Å². The SMILES string of the molecule is OCCC1CCN(C2CCOC2)CC1. The summed E-state index contributed by atoms with van der Waals surface area (Å²) in [5.74, 6) is 0.763. The highest BCUT2D eigenvalue weighted by Crippen LogP contribution is 2.23. The van der Waals surface area contributed by atoms with Crippen molar-refractivity contribution < 1.29 is 9.84 Å². The van der Waals surface area contributed by atoms with E-state index in [0.29, 0.717) is 12.6 Å². The minimum absolute atomic E-state index is 0.358. The normalized spacial score (nSPS) is 31.1. The Balaban J connectivity index is 1.72. The van der Waals surface area contributed by atoms with Crippen molar-refractivity contribution in [2.45, 2.75) is 31.7 Å². The number of hydrogen-bond acceptors (Lipinski definition) is 3. The van der Waals surface area contributed by atoms with Gasteiger partial charge in [-0.05, 0) is 44.7 Å². The summed E-state index contributed by atoms with van der Waals surface area (Å²) in [6, 6.07) is 0.685. The molecule has 0 spiro atoms. The van der Waals surface area contributed by atoms with Crippen LogP contribution in [-0.4, -0.2) is 49.0 Å². The van der Waals surface area contributed by atoms with E-state index < -0.39 is 0 Å². The molecule has 2 heterocycles. The number of hydrogen-bond donors (Lipinski definition) is 1. The zero-order valence-corrected chi connectivity index (χ0v) is 8.82. The third kappa shape index (κ3) is 2.47. The largest absolute Gasteiger partial charge is 0.396 e.